The van der Waals surface area contributed by atoms with Crippen molar-refractivity contribution in [3.63, 3.8) is 0 Å². The summed E-state index contributed by atoms with van der Waals surface area (Å²) in [5, 5.41) is 2.93. The average Bonchev–Trinajstić information content (AvgIpc) is 2.91. The van der Waals surface area contributed by atoms with E-state index in [1.54, 1.807) is 38.3 Å². The van der Waals surface area contributed by atoms with Crippen LogP contribution in [0.4, 0.5) is 5.69 Å². The lowest BCUT2D eigenvalue weighted by atomic mass is 10.1. The van der Waals surface area contributed by atoms with E-state index in [0.29, 0.717) is 40.8 Å². The van der Waals surface area contributed by atoms with Crippen molar-refractivity contribution < 1.29 is 23.8 Å². The molecule has 2 amide bonds. The van der Waals surface area contributed by atoms with Gasteiger partial charge in [-0.25, -0.2) is 0 Å². The Bertz CT molecular complexity index is 1300. The minimum absolute atomic E-state index is 0.142. The highest BCUT2D eigenvalue weighted by molar-refractivity contribution is 8.04. The molecule has 0 bridgehead atoms. The third-order valence-electron chi connectivity index (χ3n) is 5.72. The van der Waals surface area contributed by atoms with Crippen LogP contribution in [-0.4, -0.2) is 39.7 Å². The SMILES string of the molecule is CCOc1ccc(C=C2Sc3ccc(C(=O)NCc4ccc(OC)cc4)cc3N(C)C2=O)cc1OC. The lowest BCUT2D eigenvalue weighted by molar-refractivity contribution is -0.114. The van der Waals surface area contributed by atoms with Crippen molar-refractivity contribution in [3.05, 3.63) is 82.3 Å². The molecule has 186 valence electrons. The van der Waals surface area contributed by atoms with E-state index in [1.807, 2.05) is 61.5 Å². The quantitative estimate of drug-likeness (QED) is 0.428. The summed E-state index contributed by atoms with van der Waals surface area (Å²) in [7, 11) is 4.92. The summed E-state index contributed by atoms with van der Waals surface area (Å²) in [6, 6.07) is 18.5. The maximum Gasteiger partial charge on any atom is 0.264 e. The third kappa shape index (κ3) is 5.49. The van der Waals surface area contributed by atoms with Gasteiger partial charge < -0.3 is 24.4 Å². The zero-order valence-corrected chi connectivity index (χ0v) is 21.5. The fourth-order valence-corrected chi connectivity index (χ4v) is 4.86. The van der Waals surface area contributed by atoms with Crippen molar-refractivity contribution in [3.8, 4) is 17.2 Å². The molecular weight excluding hydrogens is 476 g/mol. The van der Waals surface area contributed by atoms with Crippen molar-refractivity contribution in [2.24, 2.45) is 0 Å². The Morgan fingerprint density at radius 3 is 2.47 bits per heavy atom. The van der Waals surface area contributed by atoms with Gasteiger partial charge in [-0.2, -0.15) is 0 Å². The summed E-state index contributed by atoms with van der Waals surface area (Å²) in [4.78, 5) is 29.0. The van der Waals surface area contributed by atoms with Gasteiger partial charge >= 0.3 is 0 Å². The fraction of sp³-hybridized carbons (Fsp3) is 0.214. The third-order valence-corrected chi connectivity index (χ3v) is 6.79. The van der Waals surface area contributed by atoms with Gasteiger partial charge in [0, 0.05) is 24.1 Å². The summed E-state index contributed by atoms with van der Waals surface area (Å²) in [6.45, 7) is 2.84. The Hall–Kier alpha value is -3.91. The number of rotatable bonds is 8. The van der Waals surface area contributed by atoms with Crippen LogP contribution >= 0.6 is 11.8 Å². The van der Waals surface area contributed by atoms with Gasteiger partial charge in [0.15, 0.2) is 11.5 Å². The van der Waals surface area contributed by atoms with Gasteiger partial charge in [-0.15, -0.1) is 0 Å². The minimum atomic E-state index is -0.206. The molecule has 1 heterocycles. The molecule has 0 radical (unpaired) electrons. The van der Waals surface area contributed by atoms with Crippen molar-refractivity contribution in [1.82, 2.24) is 5.32 Å². The first-order chi connectivity index (χ1) is 17.4. The number of hydrogen-bond acceptors (Lipinski definition) is 6. The number of methoxy groups -OCH3 is 2. The summed E-state index contributed by atoms with van der Waals surface area (Å²) in [5.74, 6) is 1.68. The molecule has 3 aromatic rings. The van der Waals surface area contributed by atoms with Crippen LogP contribution in [0.5, 0.6) is 17.2 Å². The topological polar surface area (TPSA) is 77.1 Å². The standard InChI is InChI=1S/C28H28N2O5S/c1-5-35-23-12-8-19(14-24(23)34-4)15-26-28(32)30(2)22-16-20(9-13-25(22)36-26)27(31)29-17-18-6-10-21(33-3)11-7-18/h6-16H,5,17H2,1-4H3,(H,29,31). The Labute approximate surface area is 215 Å². The first kappa shape index (κ1) is 25.2. The lowest BCUT2D eigenvalue weighted by Gasteiger charge is -2.27. The Kier molecular flexibility index (Phi) is 7.85. The second kappa shape index (κ2) is 11.2. The highest BCUT2D eigenvalue weighted by Gasteiger charge is 2.27. The molecule has 0 spiro atoms. The monoisotopic (exact) mass is 504 g/mol. The molecule has 0 aliphatic carbocycles. The van der Waals surface area contributed by atoms with Crippen molar-refractivity contribution in [2.45, 2.75) is 18.4 Å². The second-order valence-corrected chi connectivity index (χ2v) is 9.12. The number of carbonyl (C=O) groups is 2. The molecule has 0 atom stereocenters. The molecule has 0 saturated heterocycles. The maximum atomic E-state index is 13.1. The highest BCUT2D eigenvalue weighted by atomic mass is 32.2. The summed E-state index contributed by atoms with van der Waals surface area (Å²) >= 11 is 1.38. The van der Waals surface area contributed by atoms with Gasteiger partial charge in [0.25, 0.3) is 11.8 Å². The zero-order chi connectivity index (χ0) is 25.7. The molecule has 3 aromatic carbocycles. The lowest BCUT2D eigenvalue weighted by Crippen LogP contribution is -2.31. The smallest absolute Gasteiger partial charge is 0.264 e. The molecular formula is C28H28N2O5S. The number of carbonyl (C=O) groups excluding carboxylic acids is 2. The molecule has 0 aromatic heterocycles. The maximum absolute atomic E-state index is 13.1. The summed E-state index contributed by atoms with van der Waals surface area (Å²) in [5.41, 5.74) is 2.98. The zero-order valence-electron chi connectivity index (χ0n) is 20.7. The molecule has 0 unspecified atom stereocenters. The fourth-order valence-electron chi connectivity index (χ4n) is 3.76. The summed E-state index contributed by atoms with van der Waals surface area (Å²) in [6.07, 6.45) is 1.83. The van der Waals surface area contributed by atoms with Crippen LogP contribution in [0.1, 0.15) is 28.4 Å². The molecule has 1 aliphatic heterocycles. The van der Waals surface area contributed by atoms with Gasteiger partial charge in [-0.1, -0.05) is 30.0 Å². The largest absolute Gasteiger partial charge is 0.497 e. The van der Waals surface area contributed by atoms with Gasteiger partial charge in [0.1, 0.15) is 5.75 Å². The van der Waals surface area contributed by atoms with Crippen LogP contribution in [0.15, 0.2) is 70.5 Å². The predicted molar refractivity (Wildman–Crippen MR) is 142 cm³/mol. The van der Waals surface area contributed by atoms with E-state index in [-0.39, 0.29) is 11.8 Å². The number of nitrogens with one attached hydrogen (secondary N) is 1. The van der Waals surface area contributed by atoms with Crippen LogP contribution in [0.3, 0.4) is 0 Å². The average molecular weight is 505 g/mol. The first-order valence-corrected chi connectivity index (χ1v) is 12.3. The van der Waals surface area contributed by atoms with E-state index in [9.17, 15) is 9.59 Å². The van der Waals surface area contributed by atoms with Crippen LogP contribution < -0.4 is 24.4 Å². The molecule has 1 N–H and O–H groups in total. The van der Waals surface area contributed by atoms with Crippen molar-refractivity contribution in [2.75, 3.05) is 32.8 Å². The van der Waals surface area contributed by atoms with E-state index in [0.717, 1.165) is 21.8 Å². The van der Waals surface area contributed by atoms with E-state index < -0.39 is 0 Å². The van der Waals surface area contributed by atoms with Crippen LogP contribution in [0.2, 0.25) is 0 Å². The molecule has 4 rings (SSSR count). The highest BCUT2D eigenvalue weighted by Crippen LogP contribution is 2.42. The van der Waals surface area contributed by atoms with E-state index >= 15 is 0 Å². The molecule has 0 fully saturated rings. The van der Waals surface area contributed by atoms with Crippen molar-refractivity contribution >= 4 is 35.3 Å². The van der Waals surface area contributed by atoms with E-state index in [4.69, 9.17) is 14.2 Å². The Balaban J connectivity index is 1.50. The van der Waals surface area contributed by atoms with Gasteiger partial charge in [0.2, 0.25) is 0 Å². The molecule has 36 heavy (non-hydrogen) atoms. The predicted octanol–water partition coefficient (Wildman–Crippen LogP) is 5.14. The number of anilines is 1. The van der Waals surface area contributed by atoms with Crippen LogP contribution in [0, 0.1) is 0 Å². The number of nitrogens with zero attached hydrogens (tertiary/aromatic N) is 1. The number of hydrogen-bond donors (Lipinski definition) is 1. The van der Waals surface area contributed by atoms with Crippen LogP contribution in [-0.2, 0) is 11.3 Å². The normalized spacial score (nSPS) is 13.8. The second-order valence-electron chi connectivity index (χ2n) is 8.03. The number of ether oxygens (including phenoxy) is 3. The van der Waals surface area contributed by atoms with Gasteiger partial charge in [0.05, 0.1) is 31.4 Å². The molecule has 1 aliphatic rings. The number of benzene rings is 3. The Morgan fingerprint density at radius 1 is 1.00 bits per heavy atom. The van der Waals surface area contributed by atoms with Crippen LogP contribution in [0.25, 0.3) is 6.08 Å². The van der Waals surface area contributed by atoms with Gasteiger partial charge in [-0.05, 0) is 66.6 Å². The molecule has 0 saturated carbocycles. The minimum Gasteiger partial charge on any atom is -0.497 e. The van der Waals surface area contributed by atoms with Gasteiger partial charge in [-0.3, -0.25) is 9.59 Å². The number of amides is 2. The first-order valence-electron chi connectivity index (χ1n) is 11.5. The number of likely N-dealkylation sites (N-methyl/N-ethyl adjacent to an activating group) is 1. The van der Waals surface area contributed by atoms with E-state index in [2.05, 4.69) is 5.32 Å². The summed E-state index contributed by atoms with van der Waals surface area (Å²) < 4.78 is 16.2. The Morgan fingerprint density at radius 2 is 1.78 bits per heavy atom. The number of fused-ring (bicyclic) bond motifs is 1. The molecule has 8 heteroatoms. The molecule has 7 nitrogen and oxygen atoms in total. The number of thioether (sulfide) groups is 1. The van der Waals surface area contributed by atoms with E-state index in [1.165, 1.54) is 11.8 Å². The van der Waals surface area contributed by atoms with Crippen molar-refractivity contribution in [1.29, 1.82) is 0 Å².